The van der Waals surface area contributed by atoms with Crippen molar-refractivity contribution < 1.29 is 33.6 Å². The first-order valence-corrected chi connectivity index (χ1v) is 8.34. The number of esters is 1. The summed E-state index contributed by atoms with van der Waals surface area (Å²) in [5.41, 5.74) is 1.59. The highest BCUT2D eigenvalue weighted by Crippen LogP contribution is 2.03. The van der Waals surface area contributed by atoms with Gasteiger partial charge in [0.25, 0.3) is 6.29 Å². The van der Waals surface area contributed by atoms with Crippen LogP contribution in [0.15, 0.2) is 60.7 Å². The minimum Gasteiger partial charge on any atom is -0.463 e. The number of rotatable bonds is 11. The predicted molar refractivity (Wildman–Crippen MR) is 94.2 cm³/mol. The van der Waals surface area contributed by atoms with E-state index < -0.39 is 18.2 Å². The average molecular weight is 372 g/mol. The van der Waals surface area contributed by atoms with Gasteiger partial charge in [0.15, 0.2) is 6.29 Å². The molecule has 0 aliphatic heterocycles. The molecule has 0 aliphatic rings. The Morgan fingerprint density at radius 2 is 1.37 bits per heavy atom. The Hall–Kier alpha value is -3.03. The summed E-state index contributed by atoms with van der Waals surface area (Å²) in [6.45, 7) is -0.141. The molecular weight excluding hydrogens is 352 g/mol. The van der Waals surface area contributed by atoms with Crippen LogP contribution in [0.1, 0.15) is 11.1 Å². The summed E-state index contributed by atoms with van der Waals surface area (Å²) >= 11 is 0. The lowest BCUT2D eigenvalue weighted by molar-refractivity contribution is -0.336. The van der Waals surface area contributed by atoms with E-state index >= 15 is 0 Å². The molecule has 2 rings (SSSR count). The van der Waals surface area contributed by atoms with Crippen LogP contribution in [0.25, 0.3) is 0 Å². The Bertz CT molecular complexity index is 716. The Morgan fingerprint density at radius 1 is 0.815 bits per heavy atom. The van der Waals surface area contributed by atoms with Gasteiger partial charge in [-0.25, -0.2) is 4.79 Å². The number of aldehydes is 1. The van der Waals surface area contributed by atoms with E-state index in [1.54, 1.807) is 24.3 Å². The van der Waals surface area contributed by atoms with Gasteiger partial charge in [0, 0.05) is 0 Å². The molecule has 0 saturated carbocycles. The molecular formula is C20H20O7. The molecule has 0 bridgehead atoms. The van der Waals surface area contributed by atoms with E-state index in [1.807, 2.05) is 36.4 Å². The van der Waals surface area contributed by atoms with E-state index in [2.05, 4.69) is 9.78 Å². The lowest BCUT2D eigenvalue weighted by Gasteiger charge is -2.11. The lowest BCUT2D eigenvalue weighted by atomic mass is 10.2. The van der Waals surface area contributed by atoms with Gasteiger partial charge < -0.3 is 9.47 Å². The molecule has 0 heterocycles. The third-order valence-electron chi connectivity index (χ3n) is 3.36. The molecule has 1 unspecified atom stereocenters. The number of hydrogen-bond acceptors (Lipinski definition) is 7. The van der Waals surface area contributed by atoms with Crippen molar-refractivity contribution in [1.29, 1.82) is 0 Å². The maximum atomic E-state index is 11.7. The highest BCUT2D eigenvalue weighted by atomic mass is 17.2. The molecule has 0 aromatic heterocycles. The molecule has 0 fully saturated rings. The Balaban J connectivity index is 1.60. The summed E-state index contributed by atoms with van der Waals surface area (Å²) in [7, 11) is 0. The third-order valence-corrected chi connectivity index (χ3v) is 3.36. The summed E-state index contributed by atoms with van der Waals surface area (Å²) in [6.07, 6.45) is -0.908. The standard InChI is InChI=1S/C20H20O7/c21-15-20(27-26-19(23)14-17-9-5-2-6-10-17)25-12-11-24-18(22)13-16-7-3-1-4-8-16/h1-10,15,20H,11-14H2. The van der Waals surface area contributed by atoms with E-state index in [0.29, 0.717) is 6.29 Å². The summed E-state index contributed by atoms with van der Waals surface area (Å²) in [5.74, 6) is -1.08. The number of hydrogen-bond donors (Lipinski definition) is 0. The smallest absolute Gasteiger partial charge is 0.346 e. The largest absolute Gasteiger partial charge is 0.463 e. The second kappa shape index (κ2) is 11.6. The highest BCUT2D eigenvalue weighted by Gasteiger charge is 2.14. The molecule has 2 aromatic rings. The Kier molecular flexibility index (Phi) is 8.68. The average Bonchev–Trinajstić information content (AvgIpc) is 2.69. The van der Waals surface area contributed by atoms with Gasteiger partial charge in [0.1, 0.15) is 6.61 Å². The SMILES string of the molecule is O=CC(OCCOC(=O)Cc1ccccc1)OOC(=O)Cc1ccccc1. The van der Waals surface area contributed by atoms with Crippen LogP contribution in [0.2, 0.25) is 0 Å². The van der Waals surface area contributed by atoms with Gasteiger partial charge in [-0.3, -0.25) is 14.5 Å². The predicted octanol–water partition coefficient (Wildman–Crippen LogP) is 2.03. The van der Waals surface area contributed by atoms with Gasteiger partial charge in [-0.2, -0.15) is 0 Å². The van der Waals surface area contributed by atoms with Gasteiger partial charge in [0.2, 0.25) is 0 Å². The summed E-state index contributed by atoms with van der Waals surface area (Å²) in [6, 6.07) is 18.1. The summed E-state index contributed by atoms with van der Waals surface area (Å²) in [4.78, 5) is 43.4. The topological polar surface area (TPSA) is 88.1 Å². The van der Waals surface area contributed by atoms with Gasteiger partial charge in [-0.15, -0.1) is 4.89 Å². The molecule has 0 N–H and O–H groups in total. The molecule has 0 spiro atoms. The lowest BCUT2D eigenvalue weighted by Crippen LogP contribution is -2.24. The van der Waals surface area contributed by atoms with Crippen molar-refractivity contribution in [3.05, 3.63) is 71.8 Å². The second-order valence-corrected chi connectivity index (χ2v) is 5.47. The van der Waals surface area contributed by atoms with Crippen LogP contribution in [-0.2, 0) is 46.5 Å². The van der Waals surface area contributed by atoms with E-state index in [-0.39, 0.29) is 26.1 Å². The van der Waals surface area contributed by atoms with Crippen LogP contribution >= 0.6 is 0 Å². The van der Waals surface area contributed by atoms with Crippen LogP contribution in [0.5, 0.6) is 0 Å². The zero-order valence-electron chi connectivity index (χ0n) is 14.6. The monoisotopic (exact) mass is 372 g/mol. The Labute approximate surface area is 156 Å². The van der Waals surface area contributed by atoms with E-state index in [9.17, 15) is 14.4 Å². The van der Waals surface area contributed by atoms with Crippen molar-refractivity contribution in [3.63, 3.8) is 0 Å². The van der Waals surface area contributed by atoms with E-state index in [4.69, 9.17) is 9.47 Å². The second-order valence-electron chi connectivity index (χ2n) is 5.47. The minimum atomic E-state index is -1.39. The molecule has 27 heavy (non-hydrogen) atoms. The van der Waals surface area contributed by atoms with Crippen LogP contribution in [0.4, 0.5) is 0 Å². The molecule has 0 saturated heterocycles. The van der Waals surface area contributed by atoms with Crippen molar-refractivity contribution in [3.8, 4) is 0 Å². The van der Waals surface area contributed by atoms with Gasteiger partial charge >= 0.3 is 11.9 Å². The quantitative estimate of drug-likeness (QED) is 0.149. The van der Waals surface area contributed by atoms with Gasteiger partial charge in [0.05, 0.1) is 19.4 Å². The fourth-order valence-electron chi connectivity index (χ4n) is 2.12. The normalized spacial score (nSPS) is 11.4. The first-order chi connectivity index (χ1) is 13.2. The van der Waals surface area contributed by atoms with Crippen LogP contribution < -0.4 is 0 Å². The zero-order valence-corrected chi connectivity index (χ0v) is 14.6. The van der Waals surface area contributed by atoms with Crippen molar-refractivity contribution in [2.24, 2.45) is 0 Å². The maximum Gasteiger partial charge on any atom is 0.346 e. The van der Waals surface area contributed by atoms with Crippen molar-refractivity contribution in [2.45, 2.75) is 19.1 Å². The molecule has 0 amide bonds. The molecule has 0 radical (unpaired) electrons. The number of carbonyl (C=O) groups excluding carboxylic acids is 3. The molecule has 7 nitrogen and oxygen atoms in total. The number of ether oxygens (including phenoxy) is 2. The fraction of sp³-hybridized carbons (Fsp3) is 0.250. The van der Waals surface area contributed by atoms with E-state index in [1.165, 1.54) is 0 Å². The van der Waals surface area contributed by atoms with Crippen LogP contribution in [-0.4, -0.2) is 37.7 Å². The maximum absolute atomic E-state index is 11.7. The first kappa shape index (κ1) is 20.3. The van der Waals surface area contributed by atoms with Crippen LogP contribution in [0, 0.1) is 0 Å². The minimum absolute atomic E-state index is 0.00349. The van der Waals surface area contributed by atoms with Gasteiger partial charge in [-0.05, 0) is 11.1 Å². The zero-order chi connectivity index (χ0) is 19.3. The van der Waals surface area contributed by atoms with Crippen molar-refractivity contribution in [1.82, 2.24) is 0 Å². The van der Waals surface area contributed by atoms with Gasteiger partial charge in [-0.1, -0.05) is 60.7 Å². The molecule has 2 aromatic carbocycles. The summed E-state index contributed by atoms with van der Waals surface area (Å²) in [5, 5.41) is 0. The number of benzene rings is 2. The van der Waals surface area contributed by atoms with Crippen molar-refractivity contribution >= 4 is 18.2 Å². The fourth-order valence-corrected chi connectivity index (χ4v) is 2.12. The Morgan fingerprint density at radius 3 is 1.93 bits per heavy atom. The molecule has 0 aliphatic carbocycles. The first-order valence-electron chi connectivity index (χ1n) is 8.34. The van der Waals surface area contributed by atoms with Crippen molar-refractivity contribution in [2.75, 3.05) is 13.2 Å². The third kappa shape index (κ3) is 8.26. The molecule has 1 atom stereocenters. The van der Waals surface area contributed by atoms with E-state index in [0.717, 1.165) is 11.1 Å². The molecule has 142 valence electrons. The highest BCUT2D eigenvalue weighted by molar-refractivity contribution is 5.72. The summed E-state index contributed by atoms with van der Waals surface area (Å²) < 4.78 is 10.1. The van der Waals surface area contributed by atoms with Crippen LogP contribution in [0.3, 0.4) is 0 Å². The number of carbonyl (C=O) groups is 3. The molecule has 7 heteroatoms.